The minimum absolute atomic E-state index is 0.00573. The van der Waals surface area contributed by atoms with Crippen LogP contribution in [0, 0.1) is 5.92 Å². The molecule has 0 spiro atoms. The molecular weight excluding hydrogens is 323 g/mol. The van der Waals surface area contributed by atoms with Crippen LogP contribution in [0.1, 0.15) is 24.8 Å². The van der Waals surface area contributed by atoms with E-state index in [1.165, 1.54) is 12.1 Å². The van der Waals surface area contributed by atoms with Crippen LogP contribution in [0.4, 0.5) is 13.2 Å². The molecule has 2 atom stereocenters. The smallest absolute Gasteiger partial charge is 0.416 e. The molecule has 0 fully saturated rings. The van der Waals surface area contributed by atoms with Gasteiger partial charge in [-0.15, -0.1) is 0 Å². The minimum atomic E-state index is -4.44. The van der Waals surface area contributed by atoms with Crippen molar-refractivity contribution in [3.63, 3.8) is 0 Å². The molecule has 2 rings (SSSR count). The van der Waals surface area contributed by atoms with Gasteiger partial charge in [-0.05, 0) is 37.0 Å². The van der Waals surface area contributed by atoms with Gasteiger partial charge in [0.1, 0.15) is 18.5 Å². The molecule has 0 saturated heterocycles. The summed E-state index contributed by atoms with van der Waals surface area (Å²) >= 11 is 0. The van der Waals surface area contributed by atoms with Crippen molar-refractivity contribution in [3.05, 3.63) is 42.0 Å². The van der Waals surface area contributed by atoms with E-state index in [0.717, 1.165) is 25.0 Å². The molecule has 0 aliphatic heterocycles. The lowest BCUT2D eigenvalue weighted by atomic mass is 10.1. The Kier molecular flexibility index (Phi) is 6.25. The maximum absolute atomic E-state index is 12.6. The number of ether oxygens (including phenoxy) is 1. The number of hydrogen-bond donors (Lipinski definition) is 2. The number of rotatable bonds is 7. The molecule has 1 aromatic rings. The van der Waals surface area contributed by atoms with E-state index >= 15 is 0 Å². The maximum Gasteiger partial charge on any atom is 0.416 e. The van der Waals surface area contributed by atoms with Gasteiger partial charge in [-0.3, -0.25) is 4.79 Å². The molecule has 1 aliphatic rings. The van der Waals surface area contributed by atoms with Crippen molar-refractivity contribution in [2.75, 3.05) is 13.2 Å². The van der Waals surface area contributed by atoms with Crippen molar-refractivity contribution in [3.8, 4) is 5.75 Å². The topological polar surface area (TPSA) is 58.6 Å². The summed E-state index contributed by atoms with van der Waals surface area (Å²) in [4.78, 5) is 11.7. The average molecular weight is 343 g/mol. The lowest BCUT2D eigenvalue weighted by Crippen LogP contribution is -2.35. The van der Waals surface area contributed by atoms with Gasteiger partial charge in [-0.25, -0.2) is 0 Å². The summed E-state index contributed by atoms with van der Waals surface area (Å²) < 4.78 is 42.9. The number of alkyl halides is 3. The zero-order chi connectivity index (χ0) is 17.6. The second-order valence-electron chi connectivity index (χ2n) is 5.76. The zero-order valence-corrected chi connectivity index (χ0v) is 13.1. The largest absolute Gasteiger partial charge is 0.491 e. The second-order valence-corrected chi connectivity index (χ2v) is 5.76. The number of nitrogens with one attached hydrogen (secondary N) is 1. The molecule has 0 unspecified atom stereocenters. The van der Waals surface area contributed by atoms with Gasteiger partial charge in [0.2, 0.25) is 5.91 Å². The van der Waals surface area contributed by atoms with E-state index in [1.54, 1.807) is 0 Å². The van der Waals surface area contributed by atoms with Crippen molar-refractivity contribution in [2.45, 2.75) is 31.5 Å². The summed E-state index contributed by atoms with van der Waals surface area (Å²) in [5.41, 5.74) is -0.813. The minimum Gasteiger partial charge on any atom is -0.491 e. The fraction of sp³-hybridized carbons (Fsp3) is 0.471. The number of aliphatic hydroxyl groups excluding tert-OH is 1. The molecule has 0 heterocycles. The lowest BCUT2D eigenvalue weighted by Gasteiger charge is -2.15. The molecule has 0 aromatic heterocycles. The van der Waals surface area contributed by atoms with Crippen LogP contribution in [0.3, 0.4) is 0 Å². The summed E-state index contributed by atoms with van der Waals surface area (Å²) in [5, 5.41) is 12.4. The van der Waals surface area contributed by atoms with E-state index < -0.39 is 17.8 Å². The lowest BCUT2D eigenvalue weighted by molar-refractivity contribution is -0.137. The molecule has 24 heavy (non-hydrogen) atoms. The van der Waals surface area contributed by atoms with Gasteiger partial charge in [0.05, 0.1) is 5.56 Å². The number of hydrogen-bond acceptors (Lipinski definition) is 3. The van der Waals surface area contributed by atoms with E-state index in [4.69, 9.17) is 4.74 Å². The normalized spacial score (nSPS) is 18.4. The van der Waals surface area contributed by atoms with Gasteiger partial charge in [-0.2, -0.15) is 13.2 Å². The number of aliphatic hydroxyl groups is 1. The molecule has 2 N–H and O–H groups in total. The Morgan fingerprint density at radius 2 is 2.21 bits per heavy atom. The molecule has 0 bridgehead atoms. The predicted molar refractivity (Wildman–Crippen MR) is 82.4 cm³/mol. The molecule has 4 nitrogen and oxygen atoms in total. The number of halogens is 3. The fourth-order valence-corrected chi connectivity index (χ4v) is 2.42. The first-order valence-corrected chi connectivity index (χ1v) is 7.76. The molecule has 1 aromatic carbocycles. The van der Waals surface area contributed by atoms with Gasteiger partial charge in [-0.1, -0.05) is 18.2 Å². The van der Waals surface area contributed by atoms with Crippen molar-refractivity contribution in [1.29, 1.82) is 0 Å². The fourth-order valence-electron chi connectivity index (χ4n) is 2.42. The molecule has 0 saturated carbocycles. The Labute approximate surface area is 138 Å². The molecule has 1 aliphatic carbocycles. The number of allylic oxidation sites excluding steroid dienone is 2. The summed E-state index contributed by atoms with van der Waals surface area (Å²) in [7, 11) is 0. The first-order valence-electron chi connectivity index (χ1n) is 7.76. The van der Waals surface area contributed by atoms with E-state index in [0.29, 0.717) is 6.42 Å². The van der Waals surface area contributed by atoms with E-state index in [-0.39, 0.29) is 30.7 Å². The average Bonchev–Trinajstić information content (AvgIpc) is 3.03. The van der Waals surface area contributed by atoms with Crippen molar-refractivity contribution in [2.24, 2.45) is 5.92 Å². The number of carbonyl (C=O) groups excluding carboxylic acids is 1. The monoisotopic (exact) mass is 343 g/mol. The summed E-state index contributed by atoms with van der Waals surface area (Å²) in [5.74, 6) is 0.0967. The van der Waals surface area contributed by atoms with Gasteiger partial charge >= 0.3 is 6.18 Å². The Balaban J connectivity index is 1.72. The number of benzene rings is 1. The summed E-state index contributed by atoms with van der Waals surface area (Å²) in [6.45, 7) is -0.209. The number of amides is 1. The Morgan fingerprint density at radius 1 is 1.42 bits per heavy atom. The van der Waals surface area contributed by atoms with Crippen LogP contribution >= 0.6 is 0 Å². The van der Waals surface area contributed by atoms with Gasteiger partial charge in [0.15, 0.2) is 0 Å². The third kappa shape index (κ3) is 5.88. The highest BCUT2D eigenvalue weighted by molar-refractivity contribution is 5.76. The maximum atomic E-state index is 12.6. The quantitative estimate of drug-likeness (QED) is 0.749. The zero-order valence-electron chi connectivity index (χ0n) is 13.1. The van der Waals surface area contributed by atoms with Crippen LogP contribution in [0.5, 0.6) is 5.75 Å². The van der Waals surface area contributed by atoms with Crippen molar-refractivity contribution in [1.82, 2.24) is 5.32 Å². The van der Waals surface area contributed by atoms with Crippen LogP contribution in [-0.2, 0) is 11.0 Å². The van der Waals surface area contributed by atoms with E-state index in [9.17, 15) is 23.1 Å². The summed E-state index contributed by atoms with van der Waals surface area (Å²) in [6.07, 6.45) is 0.906. The van der Waals surface area contributed by atoms with Crippen LogP contribution in [0.2, 0.25) is 0 Å². The highest BCUT2D eigenvalue weighted by atomic mass is 19.4. The number of carbonyl (C=O) groups is 1. The van der Waals surface area contributed by atoms with Crippen LogP contribution < -0.4 is 10.1 Å². The first-order chi connectivity index (χ1) is 11.3. The molecule has 1 amide bonds. The van der Waals surface area contributed by atoms with Crippen LogP contribution in [0.15, 0.2) is 36.4 Å². The molecule has 132 valence electrons. The molecule has 0 radical (unpaired) electrons. The third-order valence-electron chi connectivity index (χ3n) is 3.70. The van der Waals surface area contributed by atoms with Crippen molar-refractivity contribution < 1.29 is 27.8 Å². The molecule has 7 heteroatoms. The predicted octanol–water partition coefficient (Wildman–Crippen LogP) is 2.92. The van der Waals surface area contributed by atoms with Crippen LogP contribution in [-0.4, -0.2) is 30.3 Å². The highest BCUT2D eigenvalue weighted by Gasteiger charge is 2.30. The Bertz CT molecular complexity index is 587. The standard InChI is InChI=1S/C17H20F3NO3/c18-17(19,20)13-6-3-7-15(9-13)24-11-14(22)10-21-16(23)8-12-4-1-2-5-12/h1,3-4,6-7,9,12,14,22H,2,5,8,10-11H2,(H,21,23)/t12-,14-/m1/s1. The van der Waals surface area contributed by atoms with Crippen molar-refractivity contribution >= 4 is 5.91 Å². The van der Waals surface area contributed by atoms with E-state index in [2.05, 4.69) is 5.32 Å². The Hall–Kier alpha value is -2.02. The van der Waals surface area contributed by atoms with Gasteiger partial charge < -0.3 is 15.2 Å². The highest BCUT2D eigenvalue weighted by Crippen LogP contribution is 2.31. The third-order valence-corrected chi connectivity index (χ3v) is 3.70. The van der Waals surface area contributed by atoms with Crippen LogP contribution in [0.25, 0.3) is 0 Å². The van der Waals surface area contributed by atoms with E-state index in [1.807, 2.05) is 12.2 Å². The summed E-state index contributed by atoms with van der Waals surface area (Å²) in [6, 6.07) is 4.44. The SMILES string of the molecule is O=C(C[C@@H]1C=CCC1)NC[C@@H](O)COc1cccc(C(F)(F)F)c1. The second kappa shape index (κ2) is 8.19. The van der Waals surface area contributed by atoms with Gasteiger partial charge in [0, 0.05) is 13.0 Å². The molecular formula is C17H20F3NO3. The Morgan fingerprint density at radius 3 is 2.88 bits per heavy atom. The van der Waals surface area contributed by atoms with Gasteiger partial charge in [0.25, 0.3) is 0 Å². The first kappa shape index (κ1) is 18.3.